The van der Waals surface area contributed by atoms with Gasteiger partial charge in [-0.15, -0.1) is 0 Å². The van der Waals surface area contributed by atoms with Gasteiger partial charge in [0.05, 0.1) is 17.0 Å². The van der Waals surface area contributed by atoms with Crippen molar-refractivity contribution in [3.8, 4) is 5.88 Å². The van der Waals surface area contributed by atoms with E-state index in [0.29, 0.717) is 18.3 Å². The van der Waals surface area contributed by atoms with Crippen LogP contribution in [0.25, 0.3) is 10.9 Å². The van der Waals surface area contributed by atoms with E-state index in [1.54, 1.807) is 19.6 Å². The summed E-state index contributed by atoms with van der Waals surface area (Å²) in [6.45, 7) is 8.02. The molecule has 0 atom stereocenters. The lowest BCUT2D eigenvalue weighted by Gasteiger charge is -2.36. The summed E-state index contributed by atoms with van der Waals surface area (Å²) < 4.78 is 11.0. The van der Waals surface area contributed by atoms with E-state index in [2.05, 4.69) is 41.9 Å². The Morgan fingerprint density at radius 1 is 1.00 bits per heavy atom. The van der Waals surface area contributed by atoms with Gasteiger partial charge in [-0.05, 0) is 38.1 Å². The third-order valence-electron chi connectivity index (χ3n) is 4.86. The van der Waals surface area contributed by atoms with E-state index < -0.39 is 0 Å². The van der Waals surface area contributed by atoms with Gasteiger partial charge >= 0.3 is 0 Å². The van der Waals surface area contributed by atoms with Gasteiger partial charge in [0.15, 0.2) is 5.82 Å². The van der Waals surface area contributed by atoms with Crippen molar-refractivity contribution in [1.82, 2.24) is 19.9 Å². The maximum atomic E-state index is 5.87. The molecule has 1 aliphatic rings. The largest absolute Gasteiger partial charge is 0.474 e. The van der Waals surface area contributed by atoms with Crippen molar-refractivity contribution in [1.29, 1.82) is 0 Å². The van der Waals surface area contributed by atoms with Gasteiger partial charge in [0.25, 0.3) is 0 Å². The van der Waals surface area contributed by atoms with Gasteiger partial charge in [-0.3, -0.25) is 0 Å². The SMILES string of the molecule is COCc1nccc(N2CCN(c3ccc4ncnc(OC(C)C)c4c3)CC2)n1. The van der Waals surface area contributed by atoms with Gasteiger partial charge in [-0.25, -0.2) is 19.9 Å². The van der Waals surface area contributed by atoms with Crippen LogP contribution in [0.15, 0.2) is 36.8 Å². The first kappa shape index (κ1) is 19.3. The molecule has 1 fully saturated rings. The van der Waals surface area contributed by atoms with Gasteiger partial charge in [0.2, 0.25) is 5.88 Å². The fraction of sp³-hybridized carbons (Fsp3) is 0.429. The average molecular weight is 394 g/mol. The zero-order chi connectivity index (χ0) is 20.2. The Kier molecular flexibility index (Phi) is 5.71. The third kappa shape index (κ3) is 4.37. The Morgan fingerprint density at radius 3 is 2.55 bits per heavy atom. The summed E-state index contributed by atoms with van der Waals surface area (Å²) in [5, 5.41) is 0.945. The molecule has 1 saturated heterocycles. The zero-order valence-electron chi connectivity index (χ0n) is 17.1. The number of hydrogen-bond acceptors (Lipinski definition) is 8. The highest BCUT2D eigenvalue weighted by molar-refractivity contribution is 5.86. The third-order valence-corrected chi connectivity index (χ3v) is 4.86. The zero-order valence-corrected chi connectivity index (χ0v) is 17.1. The van der Waals surface area contributed by atoms with E-state index in [1.165, 1.54) is 0 Å². The molecule has 152 valence electrons. The van der Waals surface area contributed by atoms with Crippen LogP contribution in [0.5, 0.6) is 5.88 Å². The van der Waals surface area contributed by atoms with Crippen LogP contribution in [-0.4, -0.2) is 59.3 Å². The summed E-state index contributed by atoms with van der Waals surface area (Å²) in [5.41, 5.74) is 2.05. The van der Waals surface area contributed by atoms with Gasteiger partial charge in [-0.2, -0.15) is 0 Å². The monoisotopic (exact) mass is 394 g/mol. The molecular formula is C21H26N6O2. The Balaban J connectivity index is 1.49. The van der Waals surface area contributed by atoms with Crippen molar-refractivity contribution >= 4 is 22.4 Å². The second kappa shape index (κ2) is 8.57. The van der Waals surface area contributed by atoms with Crippen LogP contribution in [0.3, 0.4) is 0 Å². The van der Waals surface area contributed by atoms with Crippen LogP contribution >= 0.6 is 0 Å². The first-order valence-electron chi connectivity index (χ1n) is 9.86. The molecular weight excluding hydrogens is 368 g/mol. The number of aromatic nitrogens is 4. The lowest BCUT2D eigenvalue weighted by Crippen LogP contribution is -2.46. The standard InChI is InChI=1S/C21H26N6O2/c1-15(2)29-21-17-12-16(4-5-18(17)23-14-24-21)26-8-10-27(11-9-26)20-6-7-22-19(25-20)13-28-3/h4-7,12,14-15H,8-11,13H2,1-3H3. The lowest BCUT2D eigenvalue weighted by atomic mass is 10.2. The van der Waals surface area contributed by atoms with Gasteiger partial charge in [0, 0.05) is 45.2 Å². The predicted molar refractivity (Wildman–Crippen MR) is 112 cm³/mol. The molecule has 1 aromatic carbocycles. The van der Waals surface area contributed by atoms with Crippen molar-refractivity contribution < 1.29 is 9.47 Å². The molecule has 2 aromatic heterocycles. The minimum Gasteiger partial charge on any atom is -0.474 e. The second-order valence-corrected chi connectivity index (χ2v) is 7.29. The second-order valence-electron chi connectivity index (χ2n) is 7.29. The van der Waals surface area contributed by atoms with E-state index in [9.17, 15) is 0 Å². The van der Waals surface area contributed by atoms with Crippen molar-refractivity contribution in [2.45, 2.75) is 26.6 Å². The number of benzene rings is 1. The molecule has 0 aliphatic carbocycles. The molecule has 0 N–H and O–H groups in total. The summed E-state index contributed by atoms with van der Waals surface area (Å²) in [6.07, 6.45) is 3.41. The summed E-state index contributed by atoms with van der Waals surface area (Å²) in [5.74, 6) is 2.29. The van der Waals surface area contributed by atoms with E-state index in [-0.39, 0.29) is 6.10 Å². The Morgan fingerprint density at radius 2 is 1.79 bits per heavy atom. The van der Waals surface area contributed by atoms with Gasteiger partial charge < -0.3 is 19.3 Å². The predicted octanol–water partition coefficient (Wildman–Crippen LogP) is 2.68. The topological polar surface area (TPSA) is 76.5 Å². The van der Waals surface area contributed by atoms with E-state index in [0.717, 1.165) is 48.6 Å². The summed E-state index contributed by atoms with van der Waals surface area (Å²) in [6, 6.07) is 8.24. The van der Waals surface area contributed by atoms with Crippen LogP contribution in [0.4, 0.5) is 11.5 Å². The van der Waals surface area contributed by atoms with Crippen LogP contribution < -0.4 is 14.5 Å². The first-order chi connectivity index (χ1) is 14.1. The number of fused-ring (bicyclic) bond motifs is 1. The van der Waals surface area contributed by atoms with Gasteiger partial charge in [-0.1, -0.05) is 0 Å². The number of methoxy groups -OCH3 is 1. The lowest BCUT2D eigenvalue weighted by molar-refractivity contribution is 0.178. The fourth-order valence-electron chi connectivity index (χ4n) is 3.49. The molecule has 0 unspecified atom stereocenters. The van der Waals surface area contributed by atoms with E-state index in [4.69, 9.17) is 9.47 Å². The van der Waals surface area contributed by atoms with Crippen LogP contribution in [0.2, 0.25) is 0 Å². The molecule has 4 rings (SSSR count). The van der Waals surface area contributed by atoms with E-state index in [1.807, 2.05) is 26.0 Å². The molecule has 3 aromatic rings. The summed E-state index contributed by atoms with van der Waals surface area (Å²) in [7, 11) is 1.65. The molecule has 0 radical (unpaired) electrons. The van der Waals surface area contributed by atoms with Crippen molar-refractivity contribution in [3.63, 3.8) is 0 Å². The number of piperazine rings is 1. The molecule has 8 heteroatoms. The van der Waals surface area contributed by atoms with E-state index >= 15 is 0 Å². The van der Waals surface area contributed by atoms with Crippen LogP contribution in [0, 0.1) is 0 Å². The molecule has 0 bridgehead atoms. The fourth-order valence-corrected chi connectivity index (χ4v) is 3.49. The van der Waals surface area contributed by atoms with Crippen molar-refractivity contribution in [3.05, 3.63) is 42.6 Å². The Bertz CT molecular complexity index is 972. The molecule has 0 saturated carbocycles. The first-order valence-corrected chi connectivity index (χ1v) is 9.86. The van der Waals surface area contributed by atoms with Crippen LogP contribution in [0.1, 0.15) is 19.7 Å². The normalized spacial score (nSPS) is 14.6. The minimum absolute atomic E-state index is 0.0659. The summed E-state index contributed by atoms with van der Waals surface area (Å²) >= 11 is 0. The Labute approximate surface area is 170 Å². The number of anilines is 2. The quantitative estimate of drug-likeness (QED) is 0.632. The highest BCUT2D eigenvalue weighted by Gasteiger charge is 2.20. The minimum atomic E-state index is 0.0659. The average Bonchev–Trinajstić information content (AvgIpc) is 2.74. The molecule has 8 nitrogen and oxygen atoms in total. The highest BCUT2D eigenvalue weighted by atomic mass is 16.5. The van der Waals surface area contributed by atoms with Crippen LogP contribution in [-0.2, 0) is 11.3 Å². The summed E-state index contributed by atoms with van der Waals surface area (Å²) in [4.78, 5) is 22.2. The maximum Gasteiger partial charge on any atom is 0.224 e. The smallest absolute Gasteiger partial charge is 0.224 e. The molecule has 29 heavy (non-hydrogen) atoms. The van der Waals surface area contributed by atoms with Crippen molar-refractivity contribution in [2.75, 3.05) is 43.1 Å². The number of ether oxygens (including phenoxy) is 2. The number of hydrogen-bond donors (Lipinski definition) is 0. The highest BCUT2D eigenvalue weighted by Crippen LogP contribution is 2.28. The Hall–Kier alpha value is -3.00. The molecule has 3 heterocycles. The molecule has 0 spiro atoms. The van der Waals surface area contributed by atoms with Crippen molar-refractivity contribution in [2.24, 2.45) is 0 Å². The number of nitrogens with zero attached hydrogens (tertiary/aromatic N) is 6. The number of rotatable bonds is 6. The molecule has 1 aliphatic heterocycles. The molecule has 0 amide bonds. The maximum absolute atomic E-state index is 5.87. The van der Waals surface area contributed by atoms with Gasteiger partial charge in [0.1, 0.15) is 18.8 Å².